The van der Waals surface area contributed by atoms with Gasteiger partial charge >= 0.3 is 0 Å². The van der Waals surface area contributed by atoms with Crippen molar-refractivity contribution in [1.82, 2.24) is 5.32 Å². The predicted molar refractivity (Wildman–Crippen MR) is 63.5 cm³/mol. The normalized spacial score (nSPS) is 25.0. The van der Waals surface area contributed by atoms with Crippen LogP contribution in [0.4, 0.5) is 8.78 Å². The van der Waals surface area contributed by atoms with E-state index in [-0.39, 0.29) is 6.04 Å². The molecule has 0 saturated heterocycles. The Morgan fingerprint density at radius 3 is 2.81 bits per heavy atom. The van der Waals surface area contributed by atoms with Crippen LogP contribution >= 0.6 is 11.8 Å². The molecule has 1 nitrogen and oxygen atoms in total. The molecule has 0 amide bonds. The van der Waals surface area contributed by atoms with Gasteiger partial charge in [0.25, 0.3) is 0 Å². The van der Waals surface area contributed by atoms with Crippen molar-refractivity contribution in [3.05, 3.63) is 34.9 Å². The monoisotopic (exact) mass is 243 g/mol. The summed E-state index contributed by atoms with van der Waals surface area (Å²) in [5.74, 6) is 1.05. The van der Waals surface area contributed by atoms with Crippen molar-refractivity contribution < 1.29 is 8.78 Å². The van der Waals surface area contributed by atoms with Crippen LogP contribution in [0.2, 0.25) is 0 Å². The van der Waals surface area contributed by atoms with Gasteiger partial charge in [-0.25, -0.2) is 8.78 Å². The second-order valence-electron chi connectivity index (χ2n) is 4.21. The number of nitrogens with one attached hydrogen (secondary N) is 1. The van der Waals surface area contributed by atoms with Crippen LogP contribution in [0.3, 0.4) is 0 Å². The molecule has 2 atom stereocenters. The third-order valence-corrected chi connectivity index (χ3v) is 4.29. The zero-order chi connectivity index (χ0) is 11.7. The minimum absolute atomic E-state index is 0.0372. The standard InChI is InChI=1S/C12H15F2NS/c1-7-5-16-6-10-9(12(7)15-2)3-8(13)4-11(10)14/h3-4,7,12,15H,5-6H2,1-2H3. The molecule has 1 aliphatic heterocycles. The molecular formula is C12H15F2NS. The Balaban J connectivity index is 2.53. The fourth-order valence-corrected chi connectivity index (χ4v) is 3.43. The molecule has 1 aromatic rings. The summed E-state index contributed by atoms with van der Waals surface area (Å²) in [5, 5.41) is 3.16. The molecule has 2 unspecified atom stereocenters. The summed E-state index contributed by atoms with van der Waals surface area (Å²) >= 11 is 1.70. The Kier molecular flexibility index (Phi) is 3.50. The lowest BCUT2D eigenvalue weighted by atomic mass is 9.92. The third-order valence-electron chi connectivity index (χ3n) is 3.04. The molecular weight excluding hydrogens is 228 g/mol. The van der Waals surface area contributed by atoms with Crippen LogP contribution in [0.25, 0.3) is 0 Å². The molecule has 1 N–H and O–H groups in total. The molecule has 2 rings (SSSR count). The van der Waals surface area contributed by atoms with E-state index in [1.54, 1.807) is 11.8 Å². The quantitative estimate of drug-likeness (QED) is 0.813. The van der Waals surface area contributed by atoms with Crippen LogP contribution in [-0.4, -0.2) is 12.8 Å². The molecule has 0 aromatic heterocycles. The van der Waals surface area contributed by atoms with Gasteiger partial charge < -0.3 is 5.32 Å². The minimum Gasteiger partial charge on any atom is -0.313 e. The van der Waals surface area contributed by atoms with Crippen LogP contribution < -0.4 is 5.32 Å². The summed E-state index contributed by atoms with van der Waals surface area (Å²) in [7, 11) is 1.84. The van der Waals surface area contributed by atoms with Crippen molar-refractivity contribution in [2.75, 3.05) is 12.8 Å². The maximum atomic E-state index is 13.7. The van der Waals surface area contributed by atoms with E-state index >= 15 is 0 Å². The molecule has 4 heteroatoms. The highest BCUT2D eigenvalue weighted by atomic mass is 32.2. The Morgan fingerprint density at radius 1 is 1.38 bits per heavy atom. The molecule has 0 fully saturated rings. The van der Waals surface area contributed by atoms with Crippen LogP contribution in [0.1, 0.15) is 24.1 Å². The molecule has 88 valence electrons. The number of rotatable bonds is 1. The van der Waals surface area contributed by atoms with Gasteiger partial charge in [-0.15, -0.1) is 0 Å². The van der Waals surface area contributed by atoms with Gasteiger partial charge in [-0.3, -0.25) is 0 Å². The Bertz CT molecular complexity index is 395. The fourth-order valence-electron chi connectivity index (χ4n) is 2.24. The molecule has 1 aliphatic rings. The average Bonchev–Trinajstić information content (AvgIpc) is 2.37. The zero-order valence-electron chi connectivity index (χ0n) is 9.39. The van der Waals surface area contributed by atoms with Crippen molar-refractivity contribution in [2.24, 2.45) is 5.92 Å². The topological polar surface area (TPSA) is 12.0 Å². The Morgan fingerprint density at radius 2 is 2.12 bits per heavy atom. The van der Waals surface area contributed by atoms with E-state index in [0.29, 0.717) is 17.2 Å². The Labute approximate surface area is 98.6 Å². The van der Waals surface area contributed by atoms with E-state index in [1.807, 2.05) is 7.05 Å². The predicted octanol–water partition coefficient (Wildman–Crippen LogP) is 3.11. The van der Waals surface area contributed by atoms with Gasteiger partial charge in [-0.2, -0.15) is 11.8 Å². The molecule has 1 aromatic carbocycles. The Hall–Kier alpha value is -0.610. The van der Waals surface area contributed by atoms with Gasteiger partial charge in [-0.05, 0) is 30.3 Å². The van der Waals surface area contributed by atoms with E-state index in [2.05, 4.69) is 12.2 Å². The maximum absolute atomic E-state index is 13.7. The maximum Gasteiger partial charge on any atom is 0.130 e. The van der Waals surface area contributed by atoms with Crippen molar-refractivity contribution >= 4 is 11.8 Å². The lowest BCUT2D eigenvalue weighted by Gasteiger charge is -2.22. The smallest absolute Gasteiger partial charge is 0.130 e. The van der Waals surface area contributed by atoms with Crippen LogP contribution in [-0.2, 0) is 5.75 Å². The summed E-state index contributed by atoms with van der Waals surface area (Å²) in [6.07, 6.45) is 0. The van der Waals surface area contributed by atoms with Gasteiger partial charge in [0.15, 0.2) is 0 Å². The lowest BCUT2D eigenvalue weighted by molar-refractivity contribution is 0.444. The van der Waals surface area contributed by atoms with Crippen molar-refractivity contribution in [1.29, 1.82) is 0 Å². The van der Waals surface area contributed by atoms with Crippen LogP contribution in [0, 0.1) is 17.6 Å². The molecule has 0 bridgehead atoms. The minimum atomic E-state index is -0.490. The number of thioether (sulfide) groups is 1. The average molecular weight is 243 g/mol. The zero-order valence-corrected chi connectivity index (χ0v) is 10.2. The third kappa shape index (κ3) is 2.09. The first-order valence-electron chi connectivity index (χ1n) is 5.36. The van der Waals surface area contributed by atoms with E-state index in [1.165, 1.54) is 6.07 Å². The van der Waals surface area contributed by atoms with Crippen molar-refractivity contribution in [2.45, 2.75) is 18.7 Å². The van der Waals surface area contributed by atoms with Gasteiger partial charge in [0.2, 0.25) is 0 Å². The molecule has 0 radical (unpaired) electrons. The highest BCUT2D eigenvalue weighted by molar-refractivity contribution is 7.98. The van der Waals surface area contributed by atoms with Gasteiger partial charge in [0, 0.05) is 23.4 Å². The second-order valence-corrected chi connectivity index (χ2v) is 5.24. The highest BCUT2D eigenvalue weighted by Gasteiger charge is 2.26. The molecule has 1 heterocycles. The largest absolute Gasteiger partial charge is 0.313 e. The summed E-state index contributed by atoms with van der Waals surface area (Å²) in [4.78, 5) is 0. The first-order chi connectivity index (χ1) is 7.63. The van der Waals surface area contributed by atoms with Gasteiger partial charge in [-0.1, -0.05) is 6.92 Å². The SMILES string of the molecule is CNC1c2cc(F)cc(F)c2CSCC1C. The van der Waals surface area contributed by atoms with E-state index in [0.717, 1.165) is 17.4 Å². The molecule has 0 saturated carbocycles. The number of benzene rings is 1. The fraction of sp³-hybridized carbons (Fsp3) is 0.500. The summed E-state index contributed by atoms with van der Waals surface area (Å²) in [6, 6.07) is 2.47. The van der Waals surface area contributed by atoms with Crippen LogP contribution in [0.15, 0.2) is 12.1 Å². The van der Waals surface area contributed by atoms with E-state index in [9.17, 15) is 8.78 Å². The van der Waals surface area contributed by atoms with E-state index in [4.69, 9.17) is 0 Å². The van der Waals surface area contributed by atoms with Gasteiger partial charge in [0.05, 0.1) is 0 Å². The molecule has 16 heavy (non-hydrogen) atoms. The molecule has 0 spiro atoms. The number of halogens is 2. The lowest BCUT2D eigenvalue weighted by Crippen LogP contribution is -2.25. The first kappa shape index (κ1) is 11.9. The second kappa shape index (κ2) is 4.72. The van der Waals surface area contributed by atoms with E-state index < -0.39 is 11.6 Å². The van der Waals surface area contributed by atoms with Crippen LogP contribution in [0.5, 0.6) is 0 Å². The highest BCUT2D eigenvalue weighted by Crippen LogP contribution is 2.35. The first-order valence-corrected chi connectivity index (χ1v) is 6.51. The number of fused-ring (bicyclic) bond motifs is 1. The molecule has 0 aliphatic carbocycles. The summed E-state index contributed by atoms with van der Waals surface area (Å²) in [5.41, 5.74) is 1.42. The summed E-state index contributed by atoms with van der Waals surface area (Å²) in [6.45, 7) is 2.10. The van der Waals surface area contributed by atoms with Gasteiger partial charge in [0.1, 0.15) is 11.6 Å². The number of hydrogen-bond donors (Lipinski definition) is 1. The van der Waals surface area contributed by atoms with Crippen molar-refractivity contribution in [3.8, 4) is 0 Å². The van der Waals surface area contributed by atoms with Crippen molar-refractivity contribution in [3.63, 3.8) is 0 Å². The summed E-state index contributed by atoms with van der Waals surface area (Å²) < 4.78 is 26.9. The number of hydrogen-bond acceptors (Lipinski definition) is 2.